The number of methoxy groups -OCH3 is 2. The Labute approximate surface area is 264 Å². The number of nitrogens with zero attached hydrogens (tertiary/aromatic N) is 2. The number of hydrogen-bond donors (Lipinski definition) is 1. The summed E-state index contributed by atoms with van der Waals surface area (Å²) in [5.41, 5.74) is 6.28. The van der Waals surface area contributed by atoms with Gasteiger partial charge in [0.05, 0.1) is 42.3 Å². The minimum atomic E-state index is -0.826. The number of aromatic amines is 1. The second kappa shape index (κ2) is 12.6. The third kappa shape index (κ3) is 5.37. The Morgan fingerprint density at radius 1 is 1.04 bits per heavy atom. The normalized spacial score (nSPS) is 14.8. The number of thiazole rings is 1. The second-order valence-electron chi connectivity index (χ2n) is 10.8. The highest BCUT2D eigenvalue weighted by atomic mass is 32.1. The number of carbonyl (C=O) groups excluding carboxylic acids is 1. The molecule has 0 bridgehead atoms. The molecule has 0 radical (unpaired) electrons. The molecule has 2 aromatic heterocycles. The summed E-state index contributed by atoms with van der Waals surface area (Å²) in [4.78, 5) is 37.2. The first kappa shape index (κ1) is 30.1. The highest BCUT2D eigenvalue weighted by Gasteiger charge is 2.36. The summed E-state index contributed by atoms with van der Waals surface area (Å²) in [7, 11) is 3.15. The molecular weight excluding hydrogens is 586 g/mol. The summed E-state index contributed by atoms with van der Waals surface area (Å²) >= 11 is 1.31. The SMILES string of the molecule is CCCC1=C(C(=O)OCC)[C@@H](c2cc(OC)ccc2OC)n2c(s/c(=C\c3c(-c4ccccc4)[nH]c4c(C)cccc34)c2=O)=N1. The lowest BCUT2D eigenvalue weighted by molar-refractivity contribution is -0.139. The number of aryl methyl sites for hydroxylation is 1. The first-order valence-electron chi connectivity index (χ1n) is 15.0. The van der Waals surface area contributed by atoms with E-state index in [0.29, 0.717) is 44.1 Å². The van der Waals surface area contributed by atoms with Gasteiger partial charge in [0.1, 0.15) is 17.5 Å². The van der Waals surface area contributed by atoms with Crippen LogP contribution in [0.4, 0.5) is 0 Å². The van der Waals surface area contributed by atoms with E-state index in [2.05, 4.69) is 36.2 Å². The Balaban J connectivity index is 1.67. The van der Waals surface area contributed by atoms with E-state index in [4.69, 9.17) is 19.2 Å². The van der Waals surface area contributed by atoms with Crippen molar-refractivity contribution in [3.63, 3.8) is 0 Å². The Kier molecular flexibility index (Phi) is 8.45. The van der Waals surface area contributed by atoms with Gasteiger partial charge in [0.25, 0.3) is 5.56 Å². The first-order chi connectivity index (χ1) is 21.9. The van der Waals surface area contributed by atoms with Crippen molar-refractivity contribution in [2.75, 3.05) is 20.8 Å². The zero-order valence-corrected chi connectivity index (χ0v) is 26.8. The summed E-state index contributed by atoms with van der Waals surface area (Å²) < 4.78 is 19.0. The van der Waals surface area contributed by atoms with Gasteiger partial charge < -0.3 is 19.2 Å². The molecule has 3 heterocycles. The number of aromatic nitrogens is 2. The van der Waals surface area contributed by atoms with Gasteiger partial charge in [-0.25, -0.2) is 9.79 Å². The molecule has 1 atom stereocenters. The first-order valence-corrected chi connectivity index (χ1v) is 15.8. The molecule has 45 heavy (non-hydrogen) atoms. The van der Waals surface area contributed by atoms with Gasteiger partial charge in [-0.1, -0.05) is 73.2 Å². The maximum Gasteiger partial charge on any atom is 0.338 e. The van der Waals surface area contributed by atoms with Crippen LogP contribution in [0.25, 0.3) is 28.2 Å². The van der Waals surface area contributed by atoms with E-state index >= 15 is 0 Å². The Hall–Kier alpha value is -4.89. The van der Waals surface area contributed by atoms with Gasteiger partial charge in [0.15, 0.2) is 4.80 Å². The molecular formula is C36H35N3O5S. The average Bonchev–Trinajstić information content (AvgIpc) is 3.58. The second-order valence-corrected chi connectivity index (χ2v) is 11.8. The maximum atomic E-state index is 14.5. The fraction of sp³-hybridized carbons (Fsp3) is 0.250. The monoisotopic (exact) mass is 621 g/mol. The zero-order chi connectivity index (χ0) is 31.7. The van der Waals surface area contributed by atoms with Crippen LogP contribution in [0.1, 0.15) is 49.4 Å². The van der Waals surface area contributed by atoms with Crippen LogP contribution < -0.4 is 24.4 Å². The summed E-state index contributed by atoms with van der Waals surface area (Å²) in [5, 5.41) is 1.02. The van der Waals surface area contributed by atoms with Crippen molar-refractivity contribution in [3.8, 4) is 22.8 Å². The largest absolute Gasteiger partial charge is 0.497 e. The molecule has 0 saturated heterocycles. The molecule has 9 heteroatoms. The van der Waals surface area contributed by atoms with Crippen molar-refractivity contribution in [3.05, 3.63) is 114 Å². The Morgan fingerprint density at radius 3 is 2.56 bits per heavy atom. The van der Waals surface area contributed by atoms with Crippen LogP contribution in [0.5, 0.6) is 11.5 Å². The molecule has 0 spiro atoms. The van der Waals surface area contributed by atoms with Crippen LogP contribution in [0.15, 0.2) is 87.8 Å². The molecule has 230 valence electrons. The number of benzene rings is 3. The third-order valence-corrected chi connectivity index (χ3v) is 9.03. The number of rotatable bonds is 9. The van der Waals surface area contributed by atoms with Crippen molar-refractivity contribution in [1.29, 1.82) is 0 Å². The summed E-state index contributed by atoms with van der Waals surface area (Å²) in [6.07, 6.45) is 3.24. The average molecular weight is 622 g/mol. The quantitative estimate of drug-likeness (QED) is 0.202. The van der Waals surface area contributed by atoms with E-state index in [9.17, 15) is 9.59 Å². The summed E-state index contributed by atoms with van der Waals surface area (Å²) in [5.74, 6) is 0.590. The van der Waals surface area contributed by atoms with Gasteiger partial charge in [-0.2, -0.15) is 0 Å². The van der Waals surface area contributed by atoms with Crippen molar-refractivity contribution in [1.82, 2.24) is 9.55 Å². The lowest BCUT2D eigenvalue weighted by Gasteiger charge is -2.27. The molecule has 5 aromatic rings. The van der Waals surface area contributed by atoms with Gasteiger partial charge >= 0.3 is 5.97 Å². The van der Waals surface area contributed by atoms with Crippen molar-refractivity contribution in [2.24, 2.45) is 4.99 Å². The number of esters is 1. The van der Waals surface area contributed by atoms with E-state index in [1.54, 1.807) is 37.8 Å². The van der Waals surface area contributed by atoms with Crippen molar-refractivity contribution >= 4 is 34.3 Å². The predicted molar refractivity (Wildman–Crippen MR) is 178 cm³/mol. The maximum absolute atomic E-state index is 14.5. The number of fused-ring (bicyclic) bond motifs is 2. The predicted octanol–water partition coefficient (Wildman–Crippen LogP) is 6.05. The molecule has 6 rings (SSSR count). The number of H-pyrrole nitrogens is 1. The van der Waals surface area contributed by atoms with Crippen LogP contribution in [-0.4, -0.2) is 36.3 Å². The van der Waals surface area contributed by atoms with Crippen molar-refractivity contribution in [2.45, 2.75) is 39.7 Å². The van der Waals surface area contributed by atoms with Crippen LogP contribution in [0.2, 0.25) is 0 Å². The molecule has 0 fully saturated rings. The lowest BCUT2D eigenvalue weighted by Crippen LogP contribution is -2.40. The molecule has 1 N–H and O–H groups in total. The molecule has 0 unspecified atom stereocenters. The molecule has 3 aromatic carbocycles. The number of nitrogens with one attached hydrogen (secondary N) is 1. The van der Waals surface area contributed by atoms with Gasteiger partial charge in [-0.05, 0) is 55.7 Å². The summed E-state index contributed by atoms with van der Waals surface area (Å²) in [6.45, 7) is 6.06. The van der Waals surface area contributed by atoms with Crippen molar-refractivity contribution < 1.29 is 19.0 Å². The number of carbonyl (C=O) groups is 1. The van der Waals surface area contributed by atoms with Crippen LogP contribution in [0, 0.1) is 6.92 Å². The Morgan fingerprint density at radius 2 is 1.84 bits per heavy atom. The van der Waals surface area contributed by atoms with E-state index in [-0.39, 0.29) is 12.2 Å². The summed E-state index contributed by atoms with van der Waals surface area (Å²) in [6, 6.07) is 20.8. The van der Waals surface area contributed by atoms with Gasteiger partial charge in [0.2, 0.25) is 0 Å². The standard InChI is InChI=1S/C36H35N3O5S/c1-6-12-27-30(35(41)44-7-2)33(26-19-23(42-4)17-18-28(26)43-5)39-34(40)29(45-36(39)37-27)20-25-24-16-11-13-21(3)31(24)38-32(25)22-14-9-8-10-15-22/h8-11,13-20,33,38H,6-7,12H2,1-5H3/b29-20-/t33-/m1/s1. The van der Waals surface area contributed by atoms with Gasteiger partial charge in [-0.15, -0.1) is 0 Å². The number of allylic oxidation sites excluding steroid dienone is 1. The number of ether oxygens (including phenoxy) is 3. The van der Waals surface area contributed by atoms with Crippen LogP contribution in [0.3, 0.4) is 0 Å². The fourth-order valence-electron chi connectivity index (χ4n) is 5.97. The van der Waals surface area contributed by atoms with E-state index < -0.39 is 12.0 Å². The molecule has 0 saturated carbocycles. The van der Waals surface area contributed by atoms with Crippen LogP contribution >= 0.6 is 11.3 Å². The van der Waals surface area contributed by atoms with E-state index in [1.807, 2.05) is 43.3 Å². The highest BCUT2D eigenvalue weighted by molar-refractivity contribution is 7.07. The topological polar surface area (TPSA) is 94.9 Å². The van der Waals surface area contributed by atoms with Crippen LogP contribution in [-0.2, 0) is 9.53 Å². The van der Waals surface area contributed by atoms with E-state index in [0.717, 1.165) is 39.7 Å². The minimum absolute atomic E-state index is 0.191. The molecule has 0 aliphatic carbocycles. The zero-order valence-electron chi connectivity index (χ0n) is 26.0. The molecule has 1 aliphatic heterocycles. The number of para-hydroxylation sites is 1. The smallest absolute Gasteiger partial charge is 0.338 e. The third-order valence-electron chi connectivity index (χ3n) is 8.04. The molecule has 1 aliphatic rings. The Bertz CT molecular complexity index is 2120. The highest BCUT2D eigenvalue weighted by Crippen LogP contribution is 2.39. The molecule has 0 amide bonds. The minimum Gasteiger partial charge on any atom is -0.497 e. The lowest BCUT2D eigenvalue weighted by atomic mass is 9.93. The molecule has 8 nitrogen and oxygen atoms in total. The number of hydrogen-bond acceptors (Lipinski definition) is 7. The van der Waals surface area contributed by atoms with Gasteiger partial charge in [-0.3, -0.25) is 9.36 Å². The van der Waals surface area contributed by atoms with Gasteiger partial charge in [0, 0.05) is 22.0 Å². The fourth-order valence-corrected chi connectivity index (χ4v) is 6.97. The van der Waals surface area contributed by atoms with E-state index in [1.165, 1.54) is 11.3 Å².